The number of likely N-dealkylation sites (tertiary alicyclic amines) is 1. The lowest BCUT2D eigenvalue weighted by atomic mass is 9.96. The number of carbonyl (C=O) groups is 1. The molecule has 1 N–H and O–H groups in total. The standard InChI is InChI=1S/C22H34N2O/c1-18-8-7-15-24(16-18)17-19-11-13-20(14-12-19)22(25)23-21-9-5-3-2-4-6-10-21/h11-14,18,21H,2-10,15-17H2,1H3,(H,23,25)/t18-/m0/s1. The molecule has 1 saturated heterocycles. The molecule has 1 aromatic rings. The van der Waals surface area contributed by atoms with Crippen LogP contribution in [-0.4, -0.2) is 29.9 Å². The van der Waals surface area contributed by atoms with Gasteiger partial charge in [-0.25, -0.2) is 0 Å². The normalized spacial score (nSPS) is 23.6. The predicted molar refractivity (Wildman–Crippen MR) is 104 cm³/mol. The maximum Gasteiger partial charge on any atom is 0.251 e. The highest BCUT2D eigenvalue weighted by atomic mass is 16.1. The number of nitrogens with zero attached hydrogens (tertiary/aromatic N) is 1. The van der Waals surface area contributed by atoms with E-state index >= 15 is 0 Å². The number of carbonyl (C=O) groups excluding carboxylic acids is 1. The summed E-state index contributed by atoms with van der Waals surface area (Å²) in [5, 5.41) is 3.26. The van der Waals surface area contributed by atoms with Crippen molar-refractivity contribution in [1.29, 1.82) is 0 Å². The SMILES string of the molecule is C[C@H]1CCCN(Cc2ccc(C(=O)NC3CCCCCCC3)cc2)C1. The summed E-state index contributed by atoms with van der Waals surface area (Å²) >= 11 is 0. The fourth-order valence-corrected chi connectivity index (χ4v) is 4.32. The molecule has 25 heavy (non-hydrogen) atoms. The summed E-state index contributed by atoms with van der Waals surface area (Å²) in [6.07, 6.45) is 11.4. The van der Waals surface area contributed by atoms with Gasteiger partial charge in [0.2, 0.25) is 0 Å². The van der Waals surface area contributed by atoms with Crippen molar-refractivity contribution in [2.24, 2.45) is 5.92 Å². The molecular formula is C22H34N2O. The minimum absolute atomic E-state index is 0.101. The average molecular weight is 343 g/mol. The van der Waals surface area contributed by atoms with Crippen molar-refractivity contribution in [2.75, 3.05) is 13.1 Å². The first-order valence-electron chi connectivity index (χ1n) is 10.3. The molecule has 2 fully saturated rings. The van der Waals surface area contributed by atoms with Crippen molar-refractivity contribution in [3.63, 3.8) is 0 Å². The molecule has 0 spiro atoms. The van der Waals surface area contributed by atoms with Gasteiger partial charge in [0, 0.05) is 24.7 Å². The van der Waals surface area contributed by atoms with Gasteiger partial charge >= 0.3 is 0 Å². The van der Waals surface area contributed by atoms with Crippen molar-refractivity contribution >= 4 is 5.91 Å². The van der Waals surface area contributed by atoms with E-state index in [1.165, 1.54) is 63.6 Å². The van der Waals surface area contributed by atoms with E-state index in [1.54, 1.807) is 0 Å². The Morgan fingerprint density at radius 3 is 2.36 bits per heavy atom. The number of hydrogen-bond donors (Lipinski definition) is 1. The van der Waals surface area contributed by atoms with E-state index in [0.717, 1.165) is 30.9 Å². The maximum absolute atomic E-state index is 12.5. The highest BCUT2D eigenvalue weighted by Gasteiger charge is 2.17. The Kier molecular flexibility index (Phi) is 6.92. The number of piperidine rings is 1. The fraction of sp³-hybridized carbons (Fsp3) is 0.682. The third kappa shape index (κ3) is 5.85. The second-order valence-corrected chi connectivity index (χ2v) is 8.19. The van der Waals surface area contributed by atoms with Crippen molar-refractivity contribution < 1.29 is 4.79 Å². The van der Waals surface area contributed by atoms with E-state index < -0.39 is 0 Å². The predicted octanol–water partition coefficient (Wildman–Crippen LogP) is 4.76. The molecule has 3 rings (SSSR count). The van der Waals surface area contributed by atoms with Gasteiger partial charge in [-0.15, -0.1) is 0 Å². The minimum atomic E-state index is 0.101. The molecule has 3 heteroatoms. The molecule has 0 aromatic heterocycles. The van der Waals surface area contributed by atoms with E-state index in [1.807, 2.05) is 12.1 Å². The molecule has 1 aliphatic carbocycles. The topological polar surface area (TPSA) is 32.3 Å². The van der Waals surface area contributed by atoms with Gasteiger partial charge in [0.15, 0.2) is 0 Å². The lowest BCUT2D eigenvalue weighted by Gasteiger charge is -2.30. The number of hydrogen-bond acceptors (Lipinski definition) is 2. The number of benzene rings is 1. The molecule has 138 valence electrons. The van der Waals surface area contributed by atoms with E-state index in [4.69, 9.17) is 0 Å². The number of rotatable bonds is 4. The van der Waals surface area contributed by atoms with Gasteiger partial charge in [-0.2, -0.15) is 0 Å². The van der Waals surface area contributed by atoms with Gasteiger partial charge in [-0.1, -0.05) is 51.2 Å². The first-order valence-corrected chi connectivity index (χ1v) is 10.3. The van der Waals surface area contributed by atoms with E-state index in [-0.39, 0.29) is 5.91 Å². The molecule has 0 unspecified atom stereocenters. The molecular weight excluding hydrogens is 308 g/mol. The first-order chi connectivity index (χ1) is 12.2. The second-order valence-electron chi connectivity index (χ2n) is 8.19. The van der Waals surface area contributed by atoms with Crippen molar-refractivity contribution in [1.82, 2.24) is 10.2 Å². The van der Waals surface area contributed by atoms with Gasteiger partial charge in [-0.3, -0.25) is 9.69 Å². The molecule has 1 aliphatic heterocycles. The van der Waals surface area contributed by atoms with Crippen molar-refractivity contribution in [3.8, 4) is 0 Å². The van der Waals surface area contributed by atoms with Crippen molar-refractivity contribution in [3.05, 3.63) is 35.4 Å². The highest BCUT2D eigenvalue weighted by molar-refractivity contribution is 5.94. The van der Waals surface area contributed by atoms with Gasteiger partial charge in [0.05, 0.1) is 0 Å². The minimum Gasteiger partial charge on any atom is -0.349 e. The quantitative estimate of drug-likeness (QED) is 0.855. The summed E-state index contributed by atoms with van der Waals surface area (Å²) < 4.78 is 0. The van der Waals surface area contributed by atoms with Crippen LogP contribution in [0.2, 0.25) is 0 Å². The van der Waals surface area contributed by atoms with Gasteiger partial charge in [0.25, 0.3) is 5.91 Å². The third-order valence-corrected chi connectivity index (χ3v) is 5.80. The Labute approximate surface area is 153 Å². The molecule has 1 heterocycles. The lowest BCUT2D eigenvalue weighted by molar-refractivity contribution is 0.0930. The molecule has 3 nitrogen and oxygen atoms in total. The van der Waals surface area contributed by atoms with Gasteiger partial charge < -0.3 is 5.32 Å². The van der Waals surface area contributed by atoms with Crippen LogP contribution in [-0.2, 0) is 6.54 Å². The van der Waals surface area contributed by atoms with Crippen LogP contribution < -0.4 is 5.32 Å². The summed E-state index contributed by atoms with van der Waals surface area (Å²) in [6, 6.07) is 8.63. The Hall–Kier alpha value is -1.35. The fourth-order valence-electron chi connectivity index (χ4n) is 4.32. The smallest absolute Gasteiger partial charge is 0.251 e. The van der Waals surface area contributed by atoms with Crippen LogP contribution in [0.3, 0.4) is 0 Å². The van der Waals surface area contributed by atoms with E-state index in [2.05, 4.69) is 29.3 Å². The summed E-state index contributed by atoms with van der Waals surface area (Å²) in [5.41, 5.74) is 2.12. The monoisotopic (exact) mass is 342 g/mol. The molecule has 0 radical (unpaired) electrons. The summed E-state index contributed by atoms with van der Waals surface area (Å²) in [4.78, 5) is 15.1. The molecule has 1 amide bonds. The molecule has 0 bridgehead atoms. The first kappa shape index (κ1) is 18.4. The zero-order valence-corrected chi connectivity index (χ0v) is 15.8. The van der Waals surface area contributed by atoms with E-state index in [0.29, 0.717) is 6.04 Å². The van der Waals surface area contributed by atoms with Crippen LogP contribution in [0.15, 0.2) is 24.3 Å². The zero-order chi connectivity index (χ0) is 17.5. The van der Waals surface area contributed by atoms with Crippen LogP contribution in [0.5, 0.6) is 0 Å². The Bertz CT molecular complexity index is 531. The van der Waals surface area contributed by atoms with Crippen LogP contribution in [0.4, 0.5) is 0 Å². The van der Waals surface area contributed by atoms with Crippen LogP contribution in [0.25, 0.3) is 0 Å². The van der Waals surface area contributed by atoms with Crippen molar-refractivity contribution in [2.45, 2.75) is 77.3 Å². The summed E-state index contributed by atoms with van der Waals surface area (Å²) in [6.45, 7) is 5.75. The third-order valence-electron chi connectivity index (χ3n) is 5.80. The van der Waals surface area contributed by atoms with Crippen LogP contribution in [0, 0.1) is 5.92 Å². The van der Waals surface area contributed by atoms with Gasteiger partial charge in [0.1, 0.15) is 0 Å². The highest BCUT2D eigenvalue weighted by Crippen LogP contribution is 2.19. The number of nitrogens with one attached hydrogen (secondary N) is 1. The molecule has 1 atom stereocenters. The summed E-state index contributed by atoms with van der Waals surface area (Å²) in [7, 11) is 0. The largest absolute Gasteiger partial charge is 0.349 e. The Balaban J connectivity index is 1.51. The maximum atomic E-state index is 12.5. The molecule has 2 aliphatic rings. The van der Waals surface area contributed by atoms with Crippen LogP contribution >= 0.6 is 0 Å². The average Bonchev–Trinajstić information content (AvgIpc) is 2.58. The number of amides is 1. The molecule has 1 aromatic carbocycles. The zero-order valence-electron chi connectivity index (χ0n) is 15.8. The Morgan fingerprint density at radius 1 is 1.00 bits per heavy atom. The van der Waals surface area contributed by atoms with Crippen LogP contribution in [0.1, 0.15) is 80.6 Å². The summed E-state index contributed by atoms with van der Waals surface area (Å²) in [5.74, 6) is 0.909. The van der Waals surface area contributed by atoms with E-state index in [9.17, 15) is 4.79 Å². The second kappa shape index (κ2) is 9.38. The van der Waals surface area contributed by atoms with Gasteiger partial charge in [-0.05, 0) is 55.8 Å². The molecule has 1 saturated carbocycles. The lowest BCUT2D eigenvalue weighted by Crippen LogP contribution is -2.35. The Morgan fingerprint density at radius 2 is 1.68 bits per heavy atom.